The molecule has 9 heteroatoms. The van der Waals surface area contributed by atoms with Crippen molar-refractivity contribution in [3.05, 3.63) is 88.8 Å². The van der Waals surface area contributed by atoms with Gasteiger partial charge in [0.1, 0.15) is 4.21 Å². The first kappa shape index (κ1) is 25.5. The number of nitrogens with one attached hydrogen (secondary N) is 1. The summed E-state index contributed by atoms with van der Waals surface area (Å²) in [5.41, 5.74) is 2.76. The highest BCUT2D eigenvalue weighted by molar-refractivity contribution is 7.91. The predicted molar refractivity (Wildman–Crippen MR) is 138 cm³/mol. The first-order valence-electron chi connectivity index (χ1n) is 11.6. The molecule has 3 aromatic rings. The van der Waals surface area contributed by atoms with Crippen LogP contribution in [0.3, 0.4) is 0 Å². The molecule has 1 amide bonds. The molecule has 1 fully saturated rings. The summed E-state index contributed by atoms with van der Waals surface area (Å²) in [7, 11) is -1.68. The van der Waals surface area contributed by atoms with Crippen molar-refractivity contribution in [3.8, 4) is 0 Å². The van der Waals surface area contributed by atoms with Crippen LogP contribution in [0.25, 0.3) is 0 Å². The molecule has 1 saturated heterocycles. The first-order chi connectivity index (χ1) is 16.8. The van der Waals surface area contributed by atoms with E-state index < -0.39 is 10.0 Å². The average molecular weight is 514 g/mol. The maximum absolute atomic E-state index is 13.2. The van der Waals surface area contributed by atoms with Crippen LogP contribution in [0.1, 0.15) is 29.2 Å². The molecule has 186 valence electrons. The number of sulfonamides is 1. The van der Waals surface area contributed by atoms with E-state index in [2.05, 4.69) is 9.62 Å². The number of carbonyl (C=O) groups excluding carboxylic acids is 1. The highest BCUT2D eigenvalue weighted by Crippen LogP contribution is 2.24. The van der Waals surface area contributed by atoms with E-state index in [0.717, 1.165) is 29.7 Å². The summed E-state index contributed by atoms with van der Waals surface area (Å²) in [4.78, 5) is 17.2. The second-order valence-electron chi connectivity index (χ2n) is 8.88. The lowest BCUT2D eigenvalue weighted by Crippen LogP contribution is -2.39. The Labute approximate surface area is 211 Å². The van der Waals surface area contributed by atoms with Crippen molar-refractivity contribution in [3.63, 3.8) is 0 Å². The summed E-state index contributed by atoms with van der Waals surface area (Å²) in [6.07, 6.45) is 0.708. The van der Waals surface area contributed by atoms with Gasteiger partial charge in [0.05, 0.1) is 18.6 Å². The number of thiophene rings is 1. The van der Waals surface area contributed by atoms with Gasteiger partial charge in [0, 0.05) is 33.2 Å². The van der Waals surface area contributed by atoms with Crippen LogP contribution < -0.4 is 4.72 Å². The van der Waals surface area contributed by atoms with E-state index in [-0.39, 0.29) is 31.0 Å². The SMILES string of the molecule is CN(C(=O)Cc1ccc(CNS(=O)(=O)c2cccs2)cc1)[C@H](CN1CC[C@H](O)C1)c1ccccc1. The summed E-state index contributed by atoms with van der Waals surface area (Å²) in [6.45, 7) is 2.31. The topological polar surface area (TPSA) is 90.0 Å². The molecule has 35 heavy (non-hydrogen) atoms. The largest absolute Gasteiger partial charge is 0.392 e. The zero-order chi connectivity index (χ0) is 24.8. The van der Waals surface area contributed by atoms with Crippen molar-refractivity contribution >= 4 is 27.3 Å². The van der Waals surface area contributed by atoms with Gasteiger partial charge in [0.25, 0.3) is 0 Å². The third-order valence-corrected chi connectivity index (χ3v) is 9.13. The average Bonchev–Trinajstić information content (AvgIpc) is 3.55. The first-order valence-corrected chi connectivity index (χ1v) is 14.0. The summed E-state index contributed by atoms with van der Waals surface area (Å²) in [6, 6.07) is 20.6. The Morgan fingerprint density at radius 1 is 1.11 bits per heavy atom. The van der Waals surface area contributed by atoms with Gasteiger partial charge in [-0.1, -0.05) is 60.7 Å². The summed E-state index contributed by atoms with van der Waals surface area (Å²) >= 11 is 1.18. The lowest BCUT2D eigenvalue weighted by atomic mass is 10.0. The Balaban J connectivity index is 1.38. The molecule has 0 bridgehead atoms. The maximum Gasteiger partial charge on any atom is 0.250 e. The smallest absolute Gasteiger partial charge is 0.250 e. The minimum atomic E-state index is -3.52. The fourth-order valence-corrected chi connectivity index (χ4v) is 6.32. The molecule has 2 N–H and O–H groups in total. The highest BCUT2D eigenvalue weighted by Gasteiger charge is 2.28. The van der Waals surface area contributed by atoms with Gasteiger partial charge >= 0.3 is 0 Å². The van der Waals surface area contributed by atoms with Crippen LogP contribution in [-0.4, -0.2) is 62.0 Å². The Morgan fingerprint density at radius 2 is 1.83 bits per heavy atom. The number of hydrogen-bond acceptors (Lipinski definition) is 6. The normalized spacial score (nSPS) is 17.4. The lowest BCUT2D eigenvalue weighted by Gasteiger charge is -2.32. The number of benzene rings is 2. The van der Waals surface area contributed by atoms with E-state index in [9.17, 15) is 18.3 Å². The zero-order valence-corrected chi connectivity index (χ0v) is 21.3. The second kappa shape index (κ2) is 11.5. The Morgan fingerprint density at radius 3 is 2.46 bits per heavy atom. The molecule has 4 rings (SSSR count). The second-order valence-corrected chi connectivity index (χ2v) is 11.8. The number of carbonyl (C=O) groups is 1. The van der Waals surface area contributed by atoms with Crippen molar-refractivity contribution in [1.29, 1.82) is 0 Å². The fraction of sp³-hybridized carbons (Fsp3) is 0.346. The number of aliphatic hydroxyl groups excluding tert-OH is 1. The molecular weight excluding hydrogens is 482 g/mol. The van der Waals surface area contributed by atoms with Crippen molar-refractivity contribution in [2.24, 2.45) is 0 Å². The maximum atomic E-state index is 13.2. The summed E-state index contributed by atoms with van der Waals surface area (Å²) in [5, 5.41) is 11.6. The number of nitrogens with zero attached hydrogens (tertiary/aromatic N) is 2. The van der Waals surface area contributed by atoms with E-state index in [1.165, 1.54) is 11.3 Å². The van der Waals surface area contributed by atoms with Gasteiger partial charge in [0.2, 0.25) is 15.9 Å². The molecule has 2 heterocycles. The monoisotopic (exact) mass is 513 g/mol. The molecule has 0 saturated carbocycles. The fourth-order valence-electron chi connectivity index (χ4n) is 4.26. The van der Waals surface area contributed by atoms with Crippen LogP contribution in [0.4, 0.5) is 0 Å². The summed E-state index contributed by atoms with van der Waals surface area (Å²) in [5.74, 6) is 0.00440. The van der Waals surface area contributed by atoms with Gasteiger partial charge < -0.3 is 10.0 Å². The van der Waals surface area contributed by atoms with Gasteiger partial charge in [-0.05, 0) is 34.6 Å². The molecule has 0 spiro atoms. The molecule has 0 unspecified atom stereocenters. The van der Waals surface area contributed by atoms with Gasteiger partial charge in [-0.25, -0.2) is 13.1 Å². The van der Waals surface area contributed by atoms with Crippen LogP contribution in [-0.2, 0) is 27.8 Å². The predicted octanol–water partition coefficient (Wildman–Crippen LogP) is 3.04. The Hall–Kier alpha value is -2.56. The van der Waals surface area contributed by atoms with Gasteiger partial charge in [-0.3, -0.25) is 9.69 Å². The molecule has 0 aliphatic carbocycles. The quantitative estimate of drug-likeness (QED) is 0.435. The third kappa shape index (κ3) is 6.77. The molecule has 2 aromatic carbocycles. The van der Waals surface area contributed by atoms with Crippen molar-refractivity contribution in [2.75, 3.05) is 26.7 Å². The summed E-state index contributed by atoms with van der Waals surface area (Å²) < 4.78 is 27.5. The van der Waals surface area contributed by atoms with E-state index in [4.69, 9.17) is 0 Å². The van der Waals surface area contributed by atoms with Crippen LogP contribution in [0.2, 0.25) is 0 Å². The molecule has 7 nitrogen and oxygen atoms in total. The standard InChI is InChI=1S/C26H31N3O4S2/c1-28(24(22-6-3-2-4-7-22)19-29-14-13-23(30)18-29)25(31)16-20-9-11-21(12-10-20)17-27-35(32,33)26-8-5-15-34-26/h2-12,15,23-24,27,30H,13-14,16-19H2,1H3/t23-,24+/m0/s1. The molecule has 0 radical (unpaired) electrons. The van der Waals surface area contributed by atoms with Crippen LogP contribution >= 0.6 is 11.3 Å². The van der Waals surface area contributed by atoms with Crippen molar-refractivity contribution in [2.45, 2.75) is 35.7 Å². The molecule has 1 aliphatic rings. The lowest BCUT2D eigenvalue weighted by molar-refractivity contribution is -0.131. The number of hydrogen-bond donors (Lipinski definition) is 2. The molecule has 2 atom stereocenters. The van der Waals surface area contributed by atoms with Crippen LogP contribution in [0.15, 0.2) is 76.3 Å². The Bertz CT molecular complexity index is 1200. The molecule has 1 aliphatic heterocycles. The van der Waals surface area contributed by atoms with E-state index in [0.29, 0.717) is 17.3 Å². The van der Waals surface area contributed by atoms with Crippen LogP contribution in [0, 0.1) is 0 Å². The number of aliphatic hydroxyl groups is 1. The Kier molecular flexibility index (Phi) is 8.35. The third-order valence-electron chi connectivity index (χ3n) is 6.33. The van der Waals surface area contributed by atoms with Crippen molar-refractivity contribution in [1.82, 2.24) is 14.5 Å². The number of amides is 1. The number of likely N-dealkylation sites (tertiary alicyclic amines) is 1. The van der Waals surface area contributed by atoms with Gasteiger partial charge in [0.15, 0.2) is 0 Å². The number of rotatable bonds is 10. The van der Waals surface area contributed by atoms with Gasteiger partial charge in [-0.2, -0.15) is 0 Å². The van der Waals surface area contributed by atoms with E-state index in [1.807, 2.05) is 61.6 Å². The van der Waals surface area contributed by atoms with Gasteiger partial charge in [-0.15, -0.1) is 11.3 Å². The minimum Gasteiger partial charge on any atom is -0.392 e. The highest BCUT2D eigenvalue weighted by atomic mass is 32.2. The van der Waals surface area contributed by atoms with Crippen molar-refractivity contribution < 1.29 is 18.3 Å². The molecule has 1 aromatic heterocycles. The minimum absolute atomic E-state index is 0.00440. The van der Waals surface area contributed by atoms with Crippen LogP contribution in [0.5, 0.6) is 0 Å². The molecular formula is C26H31N3O4S2. The zero-order valence-electron chi connectivity index (χ0n) is 19.7. The van der Waals surface area contributed by atoms with E-state index in [1.54, 1.807) is 22.4 Å². The number of β-amino-alcohol motifs (C(OH)–C–C–N with tert-alkyl or cyclic N) is 1. The van der Waals surface area contributed by atoms with E-state index >= 15 is 0 Å². The number of likely N-dealkylation sites (N-methyl/N-ethyl adjacent to an activating group) is 1.